The molecule has 1 aromatic carbocycles. The number of amides is 2. The van der Waals surface area contributed by atoms with Gasteiger partial charge in [0.05, 0.1) is 17.2 Å². The van der Waals surface area contributed by atoms with E-state index >= 15 is 0 Å². The fourth-order valence-electron chi connectivity index (χ4n) is 4.35. The van der Waals surface area contributed by atoms with Crippen LogP contribution in [0.2, 0.25) is 5.02 Å². The number of carbonyl (C=O) groups is 2. The van der Waals surface area contributed by atoms with Crippen LogP contribution >= 0.6 is 11.6 Å². The maximum Gasteiger partial charge on any atom is 0.407 e. The minimum atomic E-state index is -4.32. The molecule has 2 amide bonds. The van der Waals surface area contributed by atoms with Gasteiger partial charge in [-0.05, 0) is 58.4 Å². The van der Waals surface area contributed by atoms with Crippen molar-refractivity contribution in [2.75, 3.05) is 19.7 Å². The van der Waals surface area contributed by atoms with Crippen LogP contribution in [-0.2, 0) is 14.9 Å². The van der Waals surface area contributed by atoms with Crippen molar-refractivity contribution in [3.8, 4) is 5.75 Å². The Morgan fingerprint density at radius 1 is 1.14 bits per heavy atom. The van der Waals surface area contributed by atoms with Crippen LogP contribution in [0.4, 0.5) is 9.18 Å². The third kappa shape index (κ3) is 8.21. The van der Waals surface area contributed by atoms with Crippen LogP contribution in [-0.4, -0.2) is 56.1 Å². The quantitative estimate of drug-likeness (QED) is 0.523. The molecule has 36 heavy (non-hydrogen) atoms. The third-order valence-electron chi connectivity index (χ3n) is 6.13. The van der Waals surface area contributed by atoms with Crippen molar-refractivity contribution in [2.45, 2.75) is 77.4 Å². The number of hydrogen-bond donors (Lipinski definition) is 2. The summed E-state index contributed by atoms with van der Waals surface area (Å²) in [5.41, 5.74) is -1.20. The zero-order chi connectivity index (χ0) is 26.5. The van der Waals surface area contributed by atoms with E-state index < -0.39 is 45.2 Å². The lowest BCUT2D eigenvalue weighted by atomic mass is 10.1. The molecule has 0 aromatic heterocycles. The van der Waals surface area contributed by atoms with Crippen LogP contribution < -0.4 is 14.8 Å². The molecule has 1 heterocycles. The van der Waals surface area contributed by atoms with Crippen LogP contribution in [0.1, 0.15) is 76.1 Å². The van der Waals surface area contributed by atoms with E-state index in [0.29, 0.717) is 31.8 Å². The van der Waals surface area contributed by atoms with E-state index in [4.69, 9.17) is 21.1 Å². The molecule has 2 aliphatic rings. The predicted molar refractivity (Wildman–Crippen MR) is 134 cm³/mol. The van der Waals surface area contributed by atoms with Crippen molar-refractivity contribution in [3.05, 3.63) is 28.5 Å². The summed E-state index contributed by atoms with van der Waals surface area (Å²) in [6.45, 7) is 5.68. The smallest absolute Gasteiger partial charge is 0.407 e. The number of benzene rings is 1. The monoisotopic (exact) mass is 547 g/mol. The van der Waals surface area contributed by atoms with Crippen LogP contribution in [0, 0.1) is 11.7 Å². The lowest BCUT2D eigenvalue weighted by Crippen LogP contribution is -2.50. The van der Waals surface area contributed by atoms with Gasteiger partial charge in [-0.25, -0.2) is 13.9 Å². The molecule has 12 heteroatoms. The Morgan fingerprint density at radius 3 is 2.47 bits per heavy atom. The van der Waals surface area contributed by atoms with Crippen molar-refractivity contribution in [1.82, 2.24) is 14.3 Å². The van der Waals surface area contributed by atoms with Crippen LogP contribution in [0.25, 0.3) is 0 Å². The molecule has 3 rings (SSSR count). The average Bonchev–Trinajstić information content (AvgIpc) is 3.16. The van der Waals surface area contributed by atoms with E-state index in [9.17, 15) is 22.4 Å². The van der Waals surface area contributed by atoms with E-state index in [1.165, 1.54) is 0 Å². The topological polar surface area (TPSA) is 114 Å². The second-order valence-corrected chi connectivity index (χ2v) is 12.4. The van der Waals surface area contributed by atoms with Gasteiger partial charge in [0, 0.05) is 25.2 Å². The van der Waals surface area contributed by atoms with E-state index in [1.54, 1.807) is 20.8 Å². The Hall–Kier alpha value is -2.11. The van der Waals surface area contributed by atoms with Gasteiger partial charge in [0.15, 0.2) is 0 Å². The summed E-state index contributed by atoms with van der Waals surface area (Å²) in [5, 5.41) is 2.71. The first-order valence-corrected chi connectivity index (χ1v) is 14.1. The number of halogens is 2. The van der Waals surface area contributed by atoms with Crippen molar-refractivity contribution in [3.63, 3.8) is 0 Å². The third-order valence-corrected chi connectivity index (χ3v) is 7.88. The second kappa shape index (κ2) is 12.0. The van der Waals surface area contributed by atoms with Gasteiger partial charge in [0.25, 0.3) is 5.91 Å². The maximum atomic E-state index is 14.7. The van der Waals surface area contributed by atoms with E-state index in [1.807, 2.05) is 4.72 Å². The first-order valence-electron chi connectivity index (χ1n) is 12.3. The molecule has 0 unspecified atom stereocenters. The van der Waals surface area contributed by atoms with Crippen molar-refractivity contribution in [1.29, 1.82) is 0 Å². The van der Waals surface area contributed by atoms with Gasteiger partial charge < -0.3 is 14.8 Å². The molecule has 1 saturated heterocycles. The van der Waals surface area contributed by atoms with Gasteiger partial charge in [-0.2, -0.15) is 12.7 Å². The molecular weight excluding hydrogens is 513 g/mol. The number of nitrogens with zero attached hydrogens (tertiary/aromatic N) is 1. The average molecular weight is 548 g/mol. The number of hydrogen-bond acceptors (Lipinski definition) is 6. The summed E-state index contributed by atoms with van der Waals surface area (Å²) >= 11 is 6.20. The van der Waals surface area contributed by atoms with Gasteiger partial charge in [-0.3, -0.25) is 4.79 Å². The molecule has 1 saturated carbocycles. The predicted octanol–water partition coefficient (Wildman–Crippen LogP) is 4.40. The largest absolute Gasteiger partial charge is 0.492 e. The Labute approximate surface area is 217 Å². The fraction of sp³-hybridized carbons (Fsp3) is 0.667. The molecule has 9 nitrogen and oxygen atoms in total. The number of rotatable bonds is 7. The zero-order valence-electron chi connectivity index (χ0n) is 20.9. The summed E-state index contributed by atoms with van der Waals surface area (Å²) in [4.78, 5) is 24.9. The van der Waals surface area contributed by atoms with E-state index in [-0.39, 0.29) is 23.9 Å². The summed E-state index contributed by atoms with van der Waals surface area (Å²) in [6, 6.07) is 1.57. The van der Waals surface area contributed by atoms with Crippen molar-refractivity contribution in [2.24, 2.45) is 5.92 Å². The molecule has 2 fully saturated rings. The summed E-state index contributed by atoms with van der Waals surface area (Å²) < 4.78 is 54.6. The highest BCUT2D eigenvalue weighted by Crippen LogP contribution is 2.31. The molecule has 1 aliphatic carbocycles. The van der Waals surface area contributed by atoms with E-state index in [2.05, 4.69) is 5.32 Å². The van der Waals surface area contributed by atoms with Gasteiger partial charge in [0.2, 0.25) is 0 Å². The molecule has 1 aromatic rings. The summed E-state index contributed by atoms with van der Waals surface area (Å²) in [5.74, 6) is -1.57. The molecule has 202 valence electrons. The van der Waals surface area contributed by atoms with Gasteiger partial charge >= 0.3 is 16.3 Å². The van der Waals surface area contributed by atoms with Crippen LogP contribution in [0.3, 0.4) is 0 Å². The Kier molecular flexibility index (Phi) is 9.45. The first kappa shape index (κ1) is 28.5. The van der Waals surface area contributed by atoms with Crippen LogP contribution in [0.5, 0.6) is 5.75 Å². The number of alkyl carbamates (subject to hydrolysis) is 1. The molecule has 0 bridgehead atoms. The summed E-state index contributed by atoms with van der Waals surface area (Å²) in [7, 11) is -4.32. The highest BCUT2D eigenvalue weighted by Gasteiger charge is 2.31. The number of carbonyl (C=O) groups excluding carboxylic acids is 2. The van der Waals surface area contributed by atoms with E-state index in [0.717, 1.165) is 42.1 Å². The van der Waals surface area contributed by atoms with Gasteiger partial charge in [-0.15, -0.1) is 0 Å². The SMILES string of the molecule is CC(C)(C)OC(=O)N[C@@H]1CCCCN(S(=O)(=O)NC(=O)c2cc(Cl)c(OCC3CCCC3)cc2F)C1. The Morgan fingerprint density at radius 2 is 1.81 bits per heavy atom. The number of ether oxygens (including phenoxy) is 2. The van der Waals surface area contributed by atoms with Gasteiger partial charge in [-0.1, -0.05) is 30.9 Å². The molecule has 2 N–H and O–H groups in total. The summed E-state index contributed by atoms with van der Waals surface area (Å²) in [6.07, 6.45) is 5.47. The van der Waals surface area contributed by atoms with Crippen LogP contribution in [0.15, 0.2) is 12.1 Å². The van der Waals surface area contributed by atoms with Gasteiger partial charge in [0.1, 0.15) is 17.2 Å². The Bertz CT molecular complexity index is 1060. The minimum Gasteiger partial charge on any atom is -0.492 e. The standard InChI is InChI=1S/C24H35ClFN3O6S/c1-24(2,3)35-23(31)27-17-10-6-7-11-29(14-17)36(32,33)28-22(30)18-12-19(25)21(13-20(18)26)34-15-16-8-4-5-9-16/h12-13,16-17H,4-11,14-15H2,1-3H3,(H,27,31)(H,28,30)/t17-/m1/s1. The normalized spacial score (nSPS) is 20.0. The highest BCUT2D eigenvalue weighted by molar-refractivity contribution is 7.87. The fourth-order valence-corrected chi connectivity index (χ4v) is 5.79. The molecule has 1 atom stereocenters. The Balaban J connectivity index is 1.64. The number of nitrogens with one attached hydrogen (secondary N) is 2. The first-order chi connectivity index (χ1) is 16.8. The second-order valence-electron chi connectivity index (χ2n) is 10.4. The lowest BCUT2D eigenvalue weighted by molar-refractivity contribution is 0.0498. The van der Waals surface area contributed by atoms with Crippen molar-refractivity contribution >= 4 is 33.8 Å². The lowest BCUT2D eigenvalue weighted by Gasteiger charge is -2.26. The minimum absolute atomic E-state index is 0.0216. The van der Waals surface area contributed by atoms with Crippen molar-refractivity contribution < 1.29 is 31.9 Å². The molecule has 0 radical (unpaired) electrons. The zero-order valence-corrected chi connectivity index (χ0v) is 22.5. The molecule has 0 spiro atoms. The highest BCUT2D eigenvalue weighted by atomic mass is 35.5. The maximum absolute atomic E-state index is 14.7. The molecular formula is C24H35ClFN3O6S. The molecule has 1 aliphatic heterocycles.